The second-order valence-corrected chi connectivity index (χ2v) is 7.34. The molecule has 0 radical (unpaired) electrons. The molecule has 178 valence electrons. The third kappa shape index (κ3) is 6.49. The van der Waals surface area contributed by atoms with Crippen LogP contribution in [0.4, 0.5) is 11.4 Å². The van der Waals surface area contributed by atoms with Crippen molar-refractivity contribution in [3.63, 3.8) is 0 Å². The molecule has 0 aliphatic rings. The maximum Gasteiger partial charge on any atom is 0.258 e. The summed E-state index contributed by atoms with van der Waals surface area (Å²) in [5, 5.41) is 11.2. The minimum atomic E-state index is -1.48. The van der Waals surface area contributed by atoms with Crippen LogP contribution in [0, 0.1) is 0 Å². The number of rotatable bonds is 11. The first-order valence-electron chi connectivity index (χ1n) is 9.99. The molecule has 2 aromatic rings. The van der Waals surface area contributed by atoms with Crippen molar-refractivity contribution in [2.75, 3.05) is 32.8 Å². The fourth-order valence-electron chi connectivity index (χ4n) is 2.80. The molecule has 1 unspecified atom stereocenters. The van der Waals surface area contributed by atoms with Gasteiger partial charge in [0.25, 0.3) is 5.91 Å². The summed E-state index contributed by atoms with van der Waals surface area (Å²) in [5.74, 6) is -0.127. The van der Waals surface area contributed by atoms with Crippen LogP contribution in [0.25, 0.3) is 0 Å². The Balaban J connectivity index is 2.43. The van der Waals surface area contributed by atoms with E-state index in [9.17, 15) is 9.59 Å². The zero-order chi connectivity index (χ0) is 24.5. The van der Waals surface area contributed by atoms with Crippen molar-refractivity contribution in [3.05, 3.63) is 34.3 Å². The van der Waals surface area contributed by atoms with E-state index in [1.54, 1.807) is 19.1 Å². The Morgan fingerprint density at radius 2 is 1.61 bits per heavy atom. The quantitative estimate of drug-likeness (QED) is 0.324. The molecule has 0 aliphatic carbocycles. The highest BCUT2D eigenvalue weighted by Crippen LogP contribution is 2.42. The number of azo groups is 1. The number of hydrogen-bond acceptors (Lipinski definition) is 8. The normalized spacial score (nSPS) is 11.7. The van der Waals surface area contributed by atoms with Gasteiger partial charge in [0, 0.05) is 17.2 Å². The lowest BCUT2D eigenvalue weighted by atomic mass is 10.2. The molecule has 0 aromatic heterocycles. The summed E-state index contributed by atoms with van der Waals surface area (Å²) in [6.45, 7) is 5.50. The second-order valence-electron chi connectivity index (χ2n) is 6.49. The van der Waals surface area contributed by atoms with Crippen molar-refractivity contribution < 1.29 is 28.5 Å². The first-order valence-corrected chi connectivity index (χ1v) is 10.7. The van der Waals surface area contributed by atoms with Crippen LogP contribution in [0.15, 0.2) is 34.5 Å². The van der Waals surface area contributed by atoms with E-state index in [1.807, 2.05) is 6.92 Å². The van der Waals surface area contributed by atoms with E-state index in [-0.39, 0.29) is 33.6 Å². The number of ketones is 1. The van der Waals surface area contributed by atoms with Crippen molar-refractivity contribution in [2.45, 2.75) is 26.8 Å². The van der Waals surface area contributed by atoms with Crippen molar-refractivity contribution in [1.29, 1.82) is 0 Å². The number of nitrogens with one attached hydrogen (secondary N) is 1. The number of Topliss-reactive ketones (excluding diaryl/α,β-unsaturated/α-hetero) is 1. The Morgan fingerprint density at radius 3 is 2.12 bits per heavy atom. The van der Waals surface area contributed by atoms with Gasteiger partial charge in [0.05, 0.1) is 32.5 Å². The van der Waals surface area contributed by atoms with Gasteiger partial charge in [-0.25, -0.2) is 0 Å². The smallest absolute Gasteiger partial charge is 0.258 e. The number of anilines is 1. The minimum absolute atomic E-state index is 0.164. The van der Waals surface area contributed by atoms with Gasteiger partial charge in [0.15, 0.2) is 34.5 Å². The van der Waals surface area contributed by atoms with Crippen LogP contribution in [0.1, 0.15) is 20.8 Å². The summed E-state index contributed by atoms with van der Waals surface area (Å²) in [7, 11) is 2.84. The van der Waals surface area contributed by atoms with Crippen LogP contribution in [-0.4, -0.2) is 45.2 Å². The number of benzene rings is 2. The van der Waals surface area contributed by atoms with E-state index in [1.165, 1.54) is 33.3 Å². The van der Waals surface area contributed by atoms with E-state index in [0.29, 0.717) is 24.0 Å². The molecular formula is C22H25Cl2N3O6. The lowest BCUT2D eigenvalue weighted by Gasteiger charge is -2.18. The highest BCUT2D eigenvalue weighted by molar-refractivity contribution is 6.34. The summed E-state index contributed by atoms with van der Waals surface area (Å²) in [4.78, 5) is 25.2. The van der Waals surface area contributed by atoms with Crippen LogP contribution in [0.3, 0.4) is 0 Å². The van der Waals surface area contributed by atoms with Gasteiger partial charge >= 0.3 is 0 Å². The Bertz CT molecular complexity index is 1020. The van der Waals surface area contributed by atoms with Gasteiger partial charge in [-0.15, -0.1) is 5.11 Å². The molecule has 0 spiro atoms. The molecule has 0 saturated carbocycles. The van der Waals surface area contributed by atoms with Gasteiger partial charge in [-0.3, -0.25) is 9.59 Å². The third-order valence-electron chi connectivity index (χ3n) is 4.26. The van der Waals surface area contributed by atoms with E-state index >= 15 is 0 Å². The molecule has 2 rings (SSSR count). The Labute approximate surface area is 202 Å². The molecular weight excluding hydrogens is 473 g/mol. The van der Waals surface area contributed by atoms with Crippen LogP contribution in [-0.2, 0) is 9.59 Å². The van der Waals surface area contributed by atoms with Crippen molar-refractivity contribution in [1.82, 2.24) is 0 Å². The molecule has 1 atom stereocenters. The molecule has 33 heavy (non-hydrogen) atoms. The summed E-state index contributed by atoms with van der Waals surface area (Å²) >= 11 is 12.3. The van der Waals surface area contributed by atoms with Crippen molar-refractivity contribution in [3.8, 4) is 23.0 Å². The second kappa shape index (κ2) is 12.3. The van der Waals surface area contributed by atoms with Gasteiger partial charge in [-0.2, -0.15) is 5.11 Å². The zero-order valence-electron chi connectivity index (χ0n) is 18.9. The topological polar surface area (TPSA) is 108 Å². The molecule has 1 amide bonds. The number of nitrogens with zero attached hydrogens (tertiary/aromatic N) is 2. The van der Waals surface area contributed by atoms with Gasteiger partial charge in [-0.05, 0) is 32.9 Å². The van der Waals surface area contributed by atoms with E-state index in [4.69, 9.17) is 42.1 Å². The van der Waals surface area contributed by atoms with Gasteiger partial charge in [0.1, 0.15) is 5.69 Å². The number of carbonyl (C=O) groups excluding carboxylic acids is 2. The molecule has 9 nitrogen and oxygen atoms in total. The monoisotopic (exact) mass is 497 g/mol. The average Bonchev–Trinajstić information content (AvgIpc) is 2.78. The third-order valence-corrected chi connectivity index (χ3v) is 4.79. The molecule has 0 fully saturated rings. The number of amides is 1. The first kappa shape index (κ1) is 26.2. The number of ether oxygens (including phenoxy) is 4. The van der Waals surface area contributed by atoms with Gasteiger partial charge in [0.2, 0.25) is 6.04 Å². The Morgan fingerprint density at radius 1 is 1.00 bits per heavy atom. The Hall–Kier alpha value is -3.04. The lowest BCUT2D eigenvalue weighted by molar-refractivity contribution is -0.126. The molecule has 0 saturated heterocycles. The van der Waals surface area contributed by atoms with Gasteiger partial charge in [-0.1, -0.05) is 23.2 Å². The highest BCUT2D eigenvalue weighted by Gasteiger charge is 2.27. The van der Waals surface area contributed by atoms with Gasteiger partial charge < -0.3 is 24.3 Å². The van der Waals surface area contributed by atoms with Crippen molar-refractivity contribution >= 4 is 46.3 Å². The predicted molar refractivity (Wildman–Crippen MR) is 126 cm³/mol. The van der Waals surface area contributed by atoms with Crippen LogP contribution in [0.2, 0.25) is 10.0 Å². The SMILES string of the molecule is CCOc1ccc(Cl)c(NC(=O)C(N=Nc2c(OC)cc(Cl)cc2OC)C(C)=O)c1OCC. The molecule has 1 N–H and O–H groups in total. The van der Waals surface area contributed by atoms with Crippen molar-refractivity contribution in [2.24, 2.45) is 10.2 Å². The molecule has 0 heterocycles. The summed E-state index contributed by atoms with van der Waals surface area (Å²) in [5.41, 5.74) is 0.340. The molecule has 0 bridgehead atoms. The fraction of sp³-hybridized carbons (Fsp3) is 0.364. The van der Waals surface area contributed by atoms with Crippen LogP contribution in [0.5, 0.6) is 23.0 Å². The largest absolute Gasteiger partial charge is 0.494 e. The molecule has 0 aliphatic heterocycles. The fourth-order valence-corrected chi connectivity index (χ4v) is 3.19. The number of carbonyl (C=O) groups is 2. The Kier molecular flexibility index (Phi) is 9.74. The summed E-state index contributed by atoms with van der Waals surface area (Å²) in [6.07, 6.45) is 0. The summed E-state index contributed by atoms with van der Waals surface area (Å²) in [6, 6.07) is 4.73. The minimum Gasteiger partial charge on any atom is -0.494 e. The number of methoxy groups -OCH3 is 2. The zero-order valence-corrected chi connectivity index (χ0v) is 20.4. The predicted octanol–water partition coefficient (Wildman–Crippen LogP) is 5.49. The van der Waals surface area contributed by atoms with E-state index in [0.717, 1.165) is 0 Å². The summed E-state index contributed by atoms with van der Waals surface area (Å²) < 4.78 is 21.7. The first-order chi connectivity index (χ1) is 15.8. The maximum absolute atomic E-state index is 13.0. The highest BCUT2D eigenvalue weighted by atomic mass is 35.5. The standard InChI is InChI=1S/C22H25Cl2N3O6/c1-6-32-15-9-8-14(24)19(21(15)33-7-2)25-22(29)18(12(3)28)26-27-20-16(30-4)10-13(23)11-17(20)31-5/h8-11,18H,6-7H2,1-5H3,(H,25,29). The van der Waals surface area contributed by atoms with E-state index < -0.39 is 17.7 Å². The number of hydrogen-bond donors (Lipinski definition) is 1. The maximum atomic E-state index is 13.0. The molecule has 11 heteroatoms. The van der Waals surface area contributed by atoms with E-state index in [2.05, 4.69) is 15.5 Å². The molecule has 2 aromatic carbocycles. The van der Waals surface area contributed by atoms with Crippen LogP contribution < -0.4 is 24.3 Å². The average molecular weight is 498 g/mol. The van der Waals surface area contributed by atoms with Crippen LogP contribution >= 0.6 is 23.2 Å². The lowest BCUT2D eigenvalue weighted by Crippen LogP contribution is -2.32. The number of halogens is 2.